The number of anilines is 1. The van der Waals surface area contributed by atoms with Gasteiger partial charge in [0.25, 0.3) is 11.8 Å². The molecular formula is C27H23IN2O5. The van der Waals surface area contributed by atoms with Gasteiger partial charge in [-0.05, 0) is 89.0 Å². The van der Waals surface area contributed by atoms with Gasteiger partial charge >= 0.3 is 6.03 Å². The second-order valence-electron chi connectivity index (χ2n) is 8.03. The summed E-state index contributed by atoms with van der Waals surface area (Å²) in [7, 11) is 1.53. The SMILES string of the molecule is COc1cc(/C=C2\C(=O)NC(=O)N(c3ccccc3)C2=O)cc(I)c1OCc1ccc(C)c(C)c1. The van der Waals surface area contributed by atoms with Crippen molar-refractivity contribution >= 4 is 52.2 Å². The molecule has 0 unspecified atom stereocenters. The maximum absolute atomic E-state index is 13.1. The van der Waals surface area contributed by atoms with Gasteiger partial charge < -0.3 is 9.47 Å². The molecule has 0 aliphatic carbocycles. The molecule has 0 bridgehead atoms. The number of halogens is 1. The zero-order valence-corrected chi connectivity index (χ0v) is 21.6. The first-order valence-corrected chi connectivity index (χ1v) is 11.9. The fraction of sp³-hybridized carbons (Fsp3) is 0.148. The summed E-state index contributed by atoms with van der Waals surface area (Å²) in [6.45, 7) is 4.48. The summed E-state index contributed by atoms with van der Waals surface area (Å²) in [5, 5.41) is 2.23. The van der Waals surface area contributed by atoms with Gasteiger partial charge in [-0.3, -0.25) is 14.9 Å². The fourth-order valence-electron chi connectivity index (χ4n) is 3.65. The molecule has 4 amide bonds. The molecule has 8 heteroatoms. The number of aryl methyl sites for hydroxylation is 2. The topological polar surface area (TPSA) is 84.9 Å². The number of amides is 4. The van der Waals surface area contributed by atoms with Crippen molar-refractivity contribution in [1.29, 1.82) is 0 Å². The van der Waals surface area contributed by atoms with E-state index in [-0.39, 0.29) is 5.57 Å². The molecule has 0 aromatic heterocycles. The van der Waals surface area contributed by atoms with Crippen LogP contribution in [0.15, 0.2) is 66.2 Å². The molecule has 0 radical (unpaired) electrons. The molecule has 1 aliphatic heterocycles. The Balaban J connectivity index is 1.63. The number of methoxy groups -OCH3 is 1. The zero-order valence-electron chi connectivity index (χ0n) is 19.4. The van der Waals surface area contributed by atoms with Crippen LogP contribution in [0.3, 0.4) is 0 Å². The van der Waals surface area contributed by atoms with E-state index in [0.29, 0.717) is 29.4 Å². The van der Waals surface area contributed by atoms with E-state index in [1.165, 1.54) is 24.3 Å². The smallest absolute Gasteiger partial charge is 0.335 e. The molecule has 4 rings (SSSR count). The number of hydrogen-bond acceptors (Lipinski definition) is 5. The summed E-state index contributed by atoms with van der Waals surface area (Å²) in [5.74, 6) is -0.425. The Hall–Kier alpha value is -3.66. The Morgan fingerprint density at radius 3 is 2.40 bits per heavy atom. The van der Waals surface area contributed by atoms with Gasteiger partial charge in [0.1, 0.15) is 12.2 Å². The van der Waals surface area contributed by atoms with Gasteiger partial charge in [-0.1, -0.05) is 36.4 Å². The molecule has 0 saturated carbocycles. The van der Waals surface area contributed by atoms with Crippen LogP contribution in [0.1, 0.15) is 22.3 Å². The Morgan fingerprint density at radius 1 is 0.971 bits per heavy atom. The normalized spacial score (nSPS) is 14.8. The Labute approximate surface area is 216 Å². The van der Waals surface area contributed by atoms with Gasteiger partial charge in [0, 0.05) is 0 Å². The number of barbiturate groups is 1. The number of para-hydroxylation sites is 1. The number of nitrogens with zero attached hydrogens (tertiary/aromatic N) is 1. The number of ether oxygens (including phenoxy) is 2. The third kappa shape index (κ3) is 5.22. The monoisotopic (exact) mass is 582 g/mol. The van der Waals surface area contributed by atoms with E-state index < -0.39 is 17.8 Å². The van der Waals surface area contributed by atoms with Crippen LogP contribution in [0, 0.1) is 17.4 Å². The molecule has 3 aromatic rings. The van der Waals surface area contributed by atoms with Gasteiger partial charge in [0.05, 0.1) is 16.4 Å². The number of hydrogen-bond donors (Lipinski definition) is 1. The number of benzene rings is 3. The number of rotatable bonds is 6. The van der Waals surface area contributed by atoms with Crippen molar-refractivity contribution < 1.29 is 23.9 Å². The average molecular weight is 582 g/mol. The Morgan fingerprint density at radius 2 is 1.71 bits per heavy atom. The maximum Gasteiger partial charge on any atom is 0.335 e. The summed E-state index contributed by atoms with van der Waals surface area (Å²) < 4.78 is 12.4. The minimum absolute atomic E-state index is 0.157. The lowest BCUT2D eigenvalue weighted by molar-refractivity contribution is -0.122. The molecule has 178 valence electrons. The largest absolute Gasteiger partial charge is 0.493 e. The molecule has 1 saturated heterocycles. The van der Waals surface area contributed by atoms with E-state index in [4.69, 9.17) is 9.47 Å². The molecule has 1 heterocycles. The first-order valence-electron chi connectivity index (χ1n) is 10.8. The standard InChI is InChI=1S/C27H23IN2O5/c1-16-9-10-18(11-17(16)2)15-35-24-22(28)13-19(14-23(24)34-3)12-21-25(31)29-27(33)30(26(21)32)20-7-5-4-6-8-20/h4-14H,15H2,1-3H3,(H,29,31,33)/b21-12+. The van der Waals surface area contributed by atoms with Crippen LogP contribution in [0.25, 0.3) is 6.08 Å². The summed E-state index contributed by atoms with van der Waals surface area (Å²) in [4.78, 5) is 38.9. The third-order valence-corrected chi connectivity index (χ3v) is 6.43. The van der Waals surface area contributed by atoms with Crippen molar-refractivity contribution in [2.75, 3.05) is 12.0 Å². The van der Waals surface area contributed by atoms with Crippen molar-refractivity contribution in [3.8, 4) is 11.5 Å². The lowest BCUT2D eigenvalue weighted by Crippen LogP contribution is -2.54. The number of nitrogens with one attached hydrogen (secondary N) is 1. The highest BCUT2D eigenvalue weighted by Crippen LogP contribution is 2.35. The Bertz CT molecular complexity index is 1350. The summed E-state index contributed by atoms with van der Waals surface area (Å²) in [6.07, 6.45) is 1.44. The summed E-state index contributed by atoms with van der Waals surface area (Å²) in [5.41, 5.74) is 4.21. The van der Waals surface area contributed by atoms with E-state index in [1.54, 1.807) is 42.5 Å². The van der Waals surface area contributed by atoms with Gasteiger partial charge in [-0.25, -0.2) is 9.69 Å². The van der Waals surface area contributed by atoms with E-state index in [9.17, 15) is 14.4 Å². The highest BCUT2D eigenvalue weighted by atomic mass is 127. The van der Waals surface area contributed by atoms with Crippen molar-refractivity contribution in [3.05, 3.63) is 92.1 Å². The highest BCUT2D eigenvalue weighted by Gasteiger charge is 2.36. The number of imide groups is 2. The lowest BCUT2D eigenvalue weighted by Gasteiger charge is -2.26. The zero-order chi connectivity index (χ0) is 25.1. The molecule has 1 aliphatic rings. The third-order valence-electron chi connectivity index (χ3n) is 5.63. The van der Waals surface area contributed by atoms with E-state index in [1.807, 2.05) is 6.07 Å². The highest BCUT2D eigenvalue weighted by molar-refractivity contribution is 14.1. The van der Waals surface area contributed by atoms with Crippen molar-refractivity contribution in [2.24, 2.45) is 0 Å². The van der Waals surface area contributed by atoms with Crippen molar-refractivity contribution in [2.45, 2.75) is 20.5 Å². The quantitative estimate of drug-likeness (QED) is 0.247. The molecule has 3 aromatic carbocycles. The number of carbonyl (C=O) groups excluding carboxylic acids is 3. The minimum atomic E-state index is -0.786. The molecule has 1 fully saturated rings. The predicted molar refractivity (Wildman–Crippen MR) is 141 cm³/mol. The molecule has 0 spiro atoms. The van der Waals surface area contributed by atoms with Gasteiger partial charge in [-0.15, -0.1) is 0 Å². The van der Waals surface area contributed by atoms with Crippen LogP contribution in [0.2, 0.25) is 0 Å². The minimum Gasteiger partial charge on any atom is -0.493 e. The Kier molecular flexibility index (Phi) is 7.20. The average Bonchev–Trinajstić information content (AvgIpc) is 2.83. The molecule has 35 heavy (non-hydrogen) atoms. The van der Waals surface area contributed by atoms with Gasteiger partial charge in [0.2, 0.25) is 0 Å². The summed E-state index contributed by atoms with van der Waals surface area (Å²) >= 11 is 2.13. The fourth-order valence-corrected chi connectivity index (χ4v) is 4.43. The van der Waals surface area contributed by atoms with Crippen molar-refractivity contribution in [3.63, 3.8) is 0 Å². The summed E-state index contributed by atoms with van der Waals surface area (Å²) in [6, 6.07) is 17.3. The molecule has 7 nitrogen and oxygen atoms in total. The first-order chi connectivity index (χ1) is 16.8. The lowest BCUT2D eigenvalue weighted by atomic mass is 10.1. The van der Waals surface area contributed by atoms with E-state index in [2.05, 4.69) is 53.9 Å². The van der Waals surface area contributed by atoms with Gasteiger partial charge in [-0.2, -0.15) is 0 Å². The van der Waals surface area contributed by atoms with Gasteiger partial charge in [0.15, 0.2) is 11.5 Å². The second-order valence-corrected chi connectivity index (χ2v) is 9.20. The van der Waals surface area contributed by atoms with Crippen LogP contribution in [0.4, 0.5) is 10.5 Å². The van der Waals surface area contributed by atoms with Crippen LogP contribution < -0.4 is 19.7 Å². The second kappa shape index (κ2) is 10.3. The van der Waals surface area contributed by atoms with Crippen molar-refractivity contribution in [1.82, 2.24) is 5.32 Å². The molecule has 0 atom stereocenters. The molecule has 1 N–H and O–H groups in total. The molecular weight excluding hydrogens is 559 g/mol. The maximum atomic E-state index is 13.1. The van der Waals surface area contributed by atoms with Crippen LogP contribution in [0.5, 0.6) is 11.5 Å². The van der Waals surface area contributed by atoms with Crippen LogP contribution in [-0.2, 0) is 16.2 Å². The number of carbonyl (C=O) groups is 3. The number of urea groups is 1. The first kappa shape index (κ1) is 24.5. The predicted octanol–water partition coefficient (Wildman–Crippen LogP) is 5.16. The van der Waals surface area contributed by atoms with Crippen LogP contribution in [-0.4, -0.2) is 25.0 Å². The van der Waals surface area contributed by atoms with Crippen LogP contribution >= 0.6 is 22.6 Å². The van der Waals surface area contributed by atoms with E-state index in [0.717, 1.165) is 14.0 Å². The van der Waals surface area contributed by atoms with E-state index >= 15 is 0 Å².